The van der Waals surface area contributed by atoms with Gasteiger partial charge in [0.1, 0.15) is 15.4 Å². The summed E-state index contributed by atoms with van der Waals surface area (Å²) in [5.74, 6) is 0.345. The number of phenolic OH excluding ortho intramolecular Hbond substituents is 1. The lowest BCUT2D eigenvalue weighted by molar-refractivity contribution is 0.446. The number of rotatable bonds is 1. The van der Waals surface area contributed by atoms with Crippen molar-refractivity contribution in [2.24, 2.45) is 0 Å². The number of nitrogens with zero attached hydrogens (tertiary/aromatic N) is 1. The Morgan fingerprint density at radius 3 is 2.10 bits per heavy atom. The summed E-state index contributed by atoms with van der Waals surface area (Å²) in [6.07, 6.45) is 0. The Bertz CT molecular complexity index is 662. The molecule has 21 heavy (non-hydrogen) atoms. The minimum Gasteiger partial charge on any atom is -0.507 e. The van der Waals surface area contributed by atoms with Gasteiger partial charge in [-0.1, -0.05) is 47.6 Å². The Morgan fingerprint density at radius 2 is 1.67 bits per heavy atom. The van der Waals surface area contributed by atoms with Crippen molar-refractivity contribution in [1.29, 1.82) is 0 Å². The first-order valence-electron chi connectivity index (χ1n) is 6.99. The molecule has 0 bridgehead atoms. The van der Waals surface area contributed by atoms with Crippen molar-refractivity contribution in [3.05, 3.63) is 33.2 Å². The quantitative estimate of drug-likeness (QED) is 0.683. The average molecular weight is 368 g/mol. The van der Waals surface area contributed by atoms with Crippen LogP contribution in [0.25, 0.3) is 10.6 Å². The van der Waals surface area contributed by atoms with Gasteiger partial charge in [-0.05, 0) is 38.4 Å². The van der Waals surface area contributed by atoms with E-state index in [4.69, 9.17) is 0 Å². The molecule has 0 atom stereocenters. The molecule has 2 aromatic rings. The van der Waals surface area contributed by atoms with E-state index in [-0.39, 0.29) is 10.8 Å². The number of hydrogen-bond donors (Lipinski definition) is 1. The van der Waals surface area contributed by atoms with Crippen LogP contribution in [0.3, 0.4) is 0 Å². The molecule has 0 saturated carbocycles. The van der Waals surface area contributed by atoms with Crippen LogP contribution in [-0.4, -0.2) is 10.1 Å². The number of phenols is 1. The Morgan fingerprint density at radius 1 is 1.05 bits per heavy atom. The zero-order chi connectivity index (χ0) is 16.0. The third kappa shape index (κ3) is 3.49. The predicted molar refractivity (Wildman–Crippen MR) is 94.3 cm³/mol. The minimum absolute atomic E-state index is 0.0247. The molecule has 1 aromatic heterocycles. The van der Waals surface area contributed by atoms with E-state index in [1.807, 2.05) is 5.38 Å². The monoisotopic (exact) mass is 367 g/mol. The lowest BCUT2D eigenvalue weighted by atomic mass is 9.79. The fraction of sp³-hybridized carbons (Fsp3) is 0.471. The summed E-state index contributed by atoms with van der Waals surface area (Å²) >= 11 is 4.93. The number of thiazole rings is 1. The molecule has 0 aliphatic rings. The summed E-state index contributed by atoms with van der Waals surface area (Å²) in [6, 6.07) is 4.19. The molecular formula is C17H22BrNOS. The van der Waals surface area contributed by atoms with Crippen LogP contribution >= 0.6 is 27.3 Å². The van der Waals surface area contributed by atoms with Crippen molar-refractivity contribution in [2.75, 3.05) is 0 Å². The fourth-order valence-electron chi connectivity index (χ4n) is 2.18. The van der Waals surface area contributed by atoms with Crippen LogP contribution in [0.5, 0.6) is 5.75 Å². The summed E-state index contributed by atoms with van der Waals surface area (Å²) in [5.41, 5.74) is 2.91. The SMILES string of the molecule is CC(C)(C)c1cc(-c2nc(Br)cs2)c(O)c(C(C)(C)C)c1. The van der Waals surface area contributed by atoms with Crippen molar-refractivity contribution in [3.63, 3.8) is 0 Å². The summed E-state index contributed by atoms with van der Waals surface area (Å²) in [7, 11) is 0. The highest BCUT2D eigenvalue weighted by atomic mass is 79.9. The van der Waals surface area contributed by atoms with E-state index in [0.29, 0.717) is 5.75 Å². The largest absolute Gasteiger partial charge is 0.507 e. The Kier molecular flexibility index (Phi) is 4.24. The van der Waals surface area contributed by atoms with Gasteiger partial charge in [-0.3, -0.25) is 0 Å². The van der Waals surface area contributed by atoms with Gasteiger partial charge in [-0.2, -0.15) is 0 Å². The fourth-order valence-corrected chi connectivity index (χ4v) is 3.45. The van der Waals surface area contributed by atoms with Crippen molar-refractivity contribution in [2.45, 2.75) is 52.4 Å². The van der Waals surface area contributed by atoms with Gasteiger partial charge in [-0.15, -0.1) is 11.3 Å². The van der Waals surface area contributed by atoms with Gasteiger partial charge < -0.3 is 5.11 Å². The van der Waals surface area contributed by atoms with Gasteiger partial charge in [0.2, 0.25) is 0 Å². The molecule has 0 amide bonds. The molecule has 2 rings (SSSR count). The molecule has 0 spiro atoms. The van der Waals surface area contributed by atoms with E-state index in [1.54, 1.807) is 0 Å². The van der Waals surface area contributed by atoms with Crippen LogP contribution in [0.15, 0.2) is 22.1 Å². The van der Waals surface area contributed by atoms with Crippen LogP contribution in [0, 0.1) is 0 Å². The molecule has 0 unspecified atom stereocenters. The molecule has 1 aromatic carbocycles. The first kappa shape index (κ1) is 16.5. The van der Waals surface area contributed by atoms with Crippen LogP contribution in [0.1, 0.15) is 52.7 Å². The van der Waals surface area contributed by atoms with E-state index in [9.17, 15) is 5.11 Å². The van der Waals surface area contributed by atoms with E-state index >= 15 is 0 Å². The van der Waals surface area contributed by atoms with Crippen molar-refractivity contribution in [1.82, 2.24) is 4.98 Å². The number of hydrogen-bond acceptors (Lipinski definition) is 3. The second kappa shape index (κ2) is 5.40. The van der Waals surface area contributed by atoms with Crippen LogP contribution in [0.2, 0.25) is 0 Å². The highest BCUT2D eigenvalue weighted by molar-refractivity contribution is 9.10. The van der Waals surface area contributed by atoms with Gasteiger partial charge in [0.05, 0.1) is 5.56 Å². The van der Waals surface area contributed by atoms with E-state index in [2.05, 4.69) is 74.6 Å². The molecule has 0 saturated heterocycles. The lowest BCUT2D eigenvalue weighted by Crippen LogP contribution is -2.17. The van der Waals surface area contributed by atoms with Gasteiger partial charge in [-0.25, -0.2) is 4.98 Å². The third-order valence-electron chi connectivity index (χ3n) is 3.49. The summed E-state index contributed by atoms with van der Waals surface area (Å²) in [5, 5.41) is 13.5. The number of aromatic nitrogens is 1. The van der Waals surface area contributed by atoms with Gasteiger partial charge in [0, 0.05) is 10.9 Å². The number of aromatic hydroxyl groups is 1. The molecule has 1 heterocycles. The zero-order valence-electron chi connectivity index (χ0n) is 13.4. The predicted octanol–water partition coefficient (Wildman–Crippen LogP) is 5.87. The van der Waals surface area contributed by atoms with Crippen molar-refractivity contribution in [3.8, 4) is 16.3 Å². The maximum Gasteiger partial charge on any atom is 0.129 e. The maximum absolute atomic E-state index is 10.7. The van der Waals surface area contributed by atoms with Crippen molar-refractivity contribution >= 4 is 27.3 Å². The van der Waals surface area contributed by atoms with Gasteiger partial charge in [0.15, 0.2) is 0 Å². The molecular weight excluding hydrogens is 346 g/mol. The Balaban J connectivity index is 2.75. The Labute approximate surface area is 139 Å². The molecule has 1 N–H and O–H groups in total. The molecule has 0 fully saturated rings. The van der Waals surface area contributed by atoms with Crippen LogP contribution in [-0.2, 0) is 10.8 Å². The second-order valence-electron chi connectivity index (χ2n) is 7.40. The third-order valence-corrected chi connectivity index (χ3v) is 5.08. The highest BCUT2D eigenvalue weighted by Gasteiger charge is 2.26. The Hall–Kier alpha value is -0.870. The van der Waals surface area contributed by atoms with Gasteiger partial charge >= 0.3 is 0 Å². The molecule has 114 valence electrons. The highest BCUT2D eigenvalue weighted by Crippen LogP contribution is 2.42. The first-order valence-corrected chi connectivity index (χ1v) is 8.67. The summed E-state index contributed by atoms with van der Waals surface area (Å²) in [4.78, 5) is 4.46. The summed E-state index contributed by atoms with van der Waals surface area (Å²) < 4.78 is 0.806. The molecule has 0 aliphatic carbocycles. The minimum atomic E-state index is -0.116. The van der Waals surface area contributed by atoms with E-state index in [0.717, 1.165) is 20.7 Å². The van der Waals surface area contributed by atoms with E-state index in [1.165, 1.54) is 16.9 Å². The molecule has 2 nitrogen and oxygen atoms in total. The smallest absolute Gasteiger partial charge is 0.129 e. The standard InChI is InChI=1S/C17H22BrNOS/c1-16(2,3)10-7-11(15-19-13(18)9-21-15)14(20)12(8-10)17(4,5)6/h7-9,20H,1-6H3. The lowest BCUT2D eigenvalue weighted by Gasteiger charge is -2.27. The molecule has 4 heteroatoms. The van der Waals surface area contributed by atoms with Crippen LogP contribution in [0.4, 0.5) is 0 Å². The molecule has 0 radical (unpaired) electrons. The summed E-state index contributed by atoms with van der Waals surface area (Å²) in [6.45, 7) is 12.9. The number of benzene rings is 1. The molecule has 0 aliphatic heterocycles. The van der Waals surface area contributed by atoms with Crippen molar-refractivity contribution < 1.29 is 5.11 Å². The average Bonchev–Trinajstić information content (AvgIpc) is 2.72. The first-order chi connectivity index (χ1) is 9.50. The van der Waals surface area contributed by atoms with Gasteiger partial charge in [0.25, 0.3) is 0 Å². The van der Waals surface area contributed by atoms with Crippen LogP contribution < -0.4 is 0 Å². The maximum atomic E-state index is 10.7. The van der Waals surface area contributed by atoms with E-state index < -0.39 is 0 Å². The number of halogens is 1. The second-order valence-corrected chi connectivity index (χ2v) is 9.07. The zero-order valence-corrected chi connectivity index (χ0v) is 15.8. The normalized spacial score (nSPS) is 12.7. The topological polar surface area (TPSA) is 33.1 Å².